The van der Waals surface area contributed by atoms with E-state index in [-0.39, 0.29) is 0 Å². The molecule has 0 spiro atoms. The summed E-state index contributed by atoms with van der Waals surface area (Å²) in [4.78, 5) is 8.58. The summed E-state index contributed by atoms with van der Waals surface area (Å²) in [6.45, 7) is 1.44. The molecule has 0 amide bonds. The van der Waals surface area contributed by atoms with Crippen molar-refractivity contribution in [2.45, 2.75) is 13.1 Å². The average Bonchev–Trinajstić information content (AvgIpc) is 2.68. The summed E-state index contributed by atoms with van der Waals surface area (Å²) < 4.78 is 3.97. The van der Waals surface area contributed by atoms with Gasteiger partial charge < -0.3 is 9.88 Å². The van der Waals surface area contributed by atoms with Crippen LogP contribution in [-0.2, 0) is 20.1 Å². The Morgan fingerprint density at radius 3 is 2.76 bits per heavy atom. The van der Waals surface area contributed by atoms with E-state index in [1.807, 2.05) is 23.9 Å². The number of pyridine rings is 1. The van der Waals surface area contributed by atoms with E-state index in [1.165, 1.54) is 0 Å². The van der Waals surface area contributed by atoms with Crippen molar-refractivity contribution in [2.24, 2.45) is 7.05 Å². The maximum Gasteiger partial charge on any atom is 0.122 e. The maximum atomic E-state index is 4.34. The van der Waals surface area contributed by atoms with Crippen LogP contribution >= 0.6 is 31.9 Å². The second kappa shape index (κ2) is 5.75. The van der Waals surface area contributed by atoms with E-state index in [2.05, 4.69) is 47.1 Å². The van der Waals surface area contributed by atoms with Gasteiger partial charge in [0.1, 0.15) is 5.82 Å². The predicted octanol–water partition coefficient (Wildman–Crippen LogP) is 2.63. The third-order valence-electron chi connectivity index (χ3n) is 2.38. The van der Waals surface area contributed by atoms with Crippen molar-refractivity contribution in [1.82, 2.24) is 19.9 Å². The van der Waals surface area contributed by atoms with E-state index in [4.69, 9.17) is 0 Å². The lowest BCUT2D eigenvalue weighted by Crippen LogP contribution is -2.16. The minimum atomic E-state index is 0.709. The van der Waals surface area contributed by atoms with Gasteiger partial charge >= 0.3 is 0 Å². The highest BCUT2D eigenvalue weighted by Gasteiger charge is 2.03. The maximum absolute atomic E-state index is 4.34. The summed E-state index contributed by atoms with van der Waals surface area (Å²) in [5, 5.41) is 3.31. The molecule has 2 rings (SSSR count). The third kappa shape index (κ3) is 3.37. The fourth-order valence-corrected chi connectivity index (χ4v) is 2.56. The summed E-state index contributed by atoms with van der Waals surface area (Å²) in [5.41, 5.74) is 0.988. The molecule has 2 heterocycles. The van der Waals surface area contributed by atoms with Crippen LogP contribution in [0.5, 0.6) is 0 Å². The van der Waals surface area contributed by atoms with Crippen molar-refractivity contribution in [1.29, 1.82) is 0 Å². The molecule has 2 aromatic heterocycles. The van der Waals surface area contributed by atoms with Gasteiger partial charge in [-0.15, -0.1) is 0 Å². The zero-order chi connectivity index (χ0) is 12.3. The molecule has 2 aromatic rings. The lowest BCUT2D eigenvalue weighted by molar-refractivity contribution is 0.629. The smallest absolute Gasteiger partial charge is 0.122 e. The van der Waals surface area contributed by atoms with Crippen LogP contribution in [0.4, 0.5) is 0 Å². The molecule has 0 saturated heterocycles. The van der Waals surface area contributed by atoms with Crippen molar-refractivity contribution < 1.29 is 0 Å². The van der Waals surface area contributed by atoms with Gasteiger partial charge in [0, 0.05) is 41.1 Å². The van der Waals surface area contributed by atoms with Crippen LogP contribution in [0.15, 0.2) is 33.6 Å². The molecule has 0 saturated carbocycles. The van der Waals surface area contributed by atoms with Crippen molar-refractivity contribution >= 4 is 31.9 Å². The number of imidazole rings is 1. The second-order valence-electron chi connectivity index (χ2n) is 3.64. The Hall–Kier alpha value is -0.720. The highest BCUT2D eigenvalue weighted by molar-refractivity contribution is 9.11. The van der Waals surface area contributed by atoms with E-state index < -0.39 is 0 Å². The molecule has 0 radical (unpaired) electrons. The number of hydrogen-bond acceptors (Lipinski definition) is 3. The molecule has 1 N–H and O–H groups in total. The van der Waals surface area contributed by atoms with Gasteiger partial charge in [-0.1, -0.05) is 0 Å². The van der Waals surface area contributed by atoms with Crippen LogP contribution in [0.25, 0.3) is 0 Å². The van der Waals surface area contributed by atoms with Crippen LogP contribution in [0.1, 0.15) is 11.5 Å². The Morgan fingerprint density at radius 2 is 2.12 bits per heavy atom. The number of nitrogens with one attached hydrogen (secondary N) is 1. The Labute approximate surface area is 117 Å². The fourth-order valence-electron chi connectivity index (χ4n) is 1.43. The molecule has 0 aliphatic rings. The van der Waals surface area contributed by atoms with Crippen molar-refractivity contribution in [3.05, 3.63) is 45.1 Å². The molecule has 6 heteroatoms. The number of hydrogen-bond donors (Lipinski definition) is 1. The monoisotopic (exact) mass is 358 g/mol. The van der Waals surface area contributed by atoms with Gasteiger partial charge in [-0.3, -0.25) is 4.98 Å². The van der Waals surface area contributed by atoms with Crippen LogP contribution < -0.4 is 5.32 Å². The number of halogens is 2. The van der Waals surface area contributed by atoms with Crippen LogP contribution in [0.3, 0.4) is 0 Å². The van der Waals surface area contributed by atoms with Crippen molar-refractivity contribution in [3.63, 3.8) is 0 Å². The number of rotatable bonds is 4. The van der Waals surface area contributed by atoms with Gasteiger partial charge in [0.2, 0.25) is 0 Å². The van der Waals surface area contributed by atoms with Gasteiger partial charge in [-0.2, -0.15) is 0 Å². The normalized spacial score (nSPS) is 10.8. The first kappa shape index (κ1) is 12.7. The zero-order valence-electron chi connectivity index (χ0n) is 9.32. The zero-order valence-corrected chi connectivity index (χ0v) is 12.5. The lowest BCUT2D eigenvalue weighted by atomic mass is 10.3. The molecule has 0 aliphatic carbocycles. The molecule has 0 fully saturated rings. The number of aromatic nitrogens is 3. The molecule has 0 atom stereocenters. The molecule has 0 bridgehead atoms. The van der Waals surface area contributed by atoms with Crippen LogP contribution in [0.2, 0.25) is 0 Å². The standard InChI is InChI=1S/C11H12Br2N4/c1-17-3-2-15-11(17)7-14-6-10-9(13)4-8(12)5-16-10/h2-5,14H,6-7H2,1H3. The highest BCUT2D eigenvalue weighted by Crippen LogP contribution is 2.19. The molecule has 4 nitrogen and oxygen atoms in total. The number of nitrogens with zero attached hydrogens (tertiary/aromatic N) is 3. The minimum absolute atomic E-state index is 0.709. The Kier molecular flexibility index (Phi) is 4.31. The summed E-state index contributed by atoms with van der Waals surface area (Å²) in [5.74, 6) is 1.01. The highest BCUT2D eigenvalue weighted by atomic mass is 79.9. The molecule has 17 heavy (non-hydrogen) atoms. The Balaban J connectivity index is 1.92. The van der Waals surface area contributed by atoms with Gasteiger partial charge in [-0.05, 0) is 37.9 Å². The number of aryl methyl sites for hydroxylation is 1. The molecular weight excluding hydrogens is 348 g/mol. The first-order valence-corrected chi connectivity index (χ1v) is 6.72. The van der Waals surface area contributed by atoms with Crippen molar-refractivity contribution in [3.8, 4) is 0 Å². The molecule has 0 aliphatic heterocycles. The van der Waals surface area contributed by atoms with Crippen LogP contribution in [0, 0.1) is 0 Å². The minimum Gasteiger partial charge on any atom is -0.337 e. The van der Waals surface area contributed by atoms with Gasteiger partial charge in [0.05, 0.1) is 12.2 Å². The first-order chi connectivity index (χ1) is 8.16. The van der Waals surface area contributed by atoms with Crippen molar-refractivity contribution in [2.75, 3.05) is 0 Å². The molecular formula is C11H12Br2N4. The largest absolute Gasteiger partial charge is 0.337 e. The second-order valence-corrected chi connectivity index (χ2v) is 5.41. The first-order valence-electron chi connectivity index (χ1n) is 5.13. The average molecular weight is 360 g/mol. The van der Waals surface area contributed by atoms with Crippen LogP contribution in [-0.4, -0.2) is 14.5 Å². The van der Waals surface area contributed by atoms with E-state index in [0.717, 1.165) is 27.0 Å². The van der Waals surface area contributed by atoms with Gasteiger partial charge in [0.25, 0.3) is 0 Å². The topological polar surface area (TPSA) is 42.7 Å². The van der Waals surface area contributed by atoms with Gasteiger partial charge in [-0.25, -0.2) is 4.98 Å². The fraction of sp³-hybridized carbons (Fsp3) is 0.273. The Morgan fingerprint density at radius 1 is 1.29 bits per heavy atom. The van der Waals surface area contributed by atoms with E-state index >= 15 is 0 Å². The van der Waals surface area contributed by atoms with Gasteiger partial charge in [0.15, 0.2) is 0 Å². The Bertz CT molecular complexity index is 510. The van der Waals surface area contributed by atoms with E-state index in [9.17, 15) is 0 Å². The lowest BCUT2D eigenvalue weighted by Gasteiger charge is -2.06. The SMILES string of the molecule is Cn1ccnc1CNCc1ncc(Br)cc1Br. The molecule has 0 aromatic carbocycles. The quantitative estimate of drug-likeness (QED) is 0.912. The molecule has 90 valence electrons. The van der Waals surface area contributed by atoms with E-state index in [0.29, 0.717) is 6.54 Å². The molecule has 0 unspecified atom stereocenters. The summed E-state index contributed by atoms with van der Waals surface area (Å²) >= 11 is 6.87. The third-order valence-corrected chi connectivity index (χ3v) is 3.50. The predicted molar refractivity (Wildman–Crippen MR) is 73.4 cm³/mol. The summed E-state index contributed by atoms with van der Waals surface area (Å²) in [6, 6.07) is 1.99. The summed E-state index contributed by atoms with van der Waals surface area (Å²) in [6.07, 6.45) is 5.53. The summed E-state index contributed by atoms with van der Waals surface area (Å²) in [7, 11) is 1.98. The van der Waals surface area contributed by atoms with E-state index in [1.54, 1.807) is 12.4 Å².